The number of carbonyl (C=O) groups excluding carboxylic acids is 2. The number of carbonyl (C=O) groups is 2. The van der Waals surface area contributed by atoms with Crippen molar-refractivity contribution in [3.63, 3.8) is 0 Å². The smallest absolute Gasteiger partial charge is 0.246 e. The van der Waals surface area contributed by atoms with Crippen LogP contribution in [0.25, 0.3) is 0 Å². The molecule has 2 aromatic rings. The fourth-order valence-electron chi connectivity index (χ4n) is 2.61. The van der Waals surface area contributed by atoms with E-state index in [4.69, 9.17) is 4.74 Å². The third-order valence-corrected chi connectivity index (χ3v) is 4.13. The van der Waals surface area contributed by atoms with E-state index < -0.39 is 6.04 Å². The van der Waals surface area contributed by atoms with E-state index in [1.165, 1.54) is 19.6 Å². The molecule has 27 heavy (non-hydrogen) atoms. The Morgan fingerprint density at radius 2 is 1.56 bits per heavy atom. The first kappa shape index (κ1) is 20.3. The highest BCUT2D eigenvalue weighted by atomic mass is 16.5. The summed E-state index contributed by atoms with van der Waals surface area (Å²) < 4.78 is 5.29. The van der Waals surface area contributed by atoms with Gasteiger partial charge in [-0.1, -0.05) is 26.0 Å². The Bertz CT molecular complexity index is 801. The summed E-state index contributed by atoms with van der Waals surface area (Å²) >= 11 is 0. The van der Waals surface area contributed by atoms with Gasteiger partial charge < -0.3 is 20.7 Å². The average molecular weight is 369 g/mol. The van der Waals surface area contributed by atoms with Crippen LogP contribution in [0.15, 0.2) is 42.5 Å². The van der Waals surface area contributed by atoms with Gasteiger partial charge >= 0.3 is 0 Å². The lowest BCUT2D eigenvalue weighted by Gasteiger charge is -2.18. The number of hydrogen-bond acceptors (Lipinski definition) is 4. The molecule has 1 unspecified atom stereocenters. The molecular formula is C21H27N3O3. The van der Waals surface area contributed by atoms with Gasteiger partial charge in [0.25, 0.3) is 0 Å². The number of ether oxygens (including phenoxy) is 1. The third-order valence-electron chi connectivity index (χ3n) is 4.13. The van der Waals surface area contributed by atoms with Gasteiger partial charge in [0.2, 0.25) is 11.8 Å². The van der Waals surface area contributed by atoms with Crippen molar-refractivity contribution in [2.45, 2.75) is 39.7 Å². The molecule has 0 spiro atoms. The van der Waals surface area contributed by atoms with Gasteiger partial charge in [0, 0.05) is 18.3 Å². The lowest BCUT2D eigenvalue weighted by Crippen LogP contribution is -2.32. The predicted molar refractivity (Wildman–Crippen MR) is 110 cm³/mol. The summed E-state index contributed by atoms with van der Waals surface area (Å²) in [4.78, 5) is 23.8. The van der Waals surface area contributed by atoms with Crippen molar-refractivity contribution in [1.29, 1.82) is 0 Å². The van der Waals surface area contributed by atoms with Gasteiger partial charge in [-0.2, -0.15) is 0 Å². The molecule has 0 saturated carbocycles. The number of benzene rings is 2. The van der Waals surface area contributed by atoms with Gasteiger partial charge in [-0.15, -0.1) is 0 Å². The van der Waals surface area contributed by atoms with Crippen LogP contribution in [0.3, 0.4) is 0 Å². The molecule has 144 valence electrons. The number of hydrogen-bond donors (Lipinski definition) is 3. The summed E-state index contributed by atoms with van der Waals surface area (Å²) in [6.07, 6.45) is 0. The van der Waals surface area contributed by atoms with Crippen LogP contribution >= 0.6 is 0 Å². The second-order valence-corrected chi connectivity index (χ2v) is 6.73. The standard InChI is InChI=1S/C21H27N3O3/c1-13(2)16-6-8-17(9-7-16)22-14(3)21(26)24-19-12-18(23-15(4)25)10-11-20(19)27-5/h6-14,22H,1-5H3,(H,23,25)(H,24,26). The molecule has 0 heterocycles. The number of nitrogens with one attached hydrogen (secondary N) is 3. The quantitative estimate of drug-likeness (QED) is 0.683. The highest BCUT2D eigenvalue weighted by Crippen LogP contribution is 2.28. The minimum absolute atomic E-state index is 0.183. The Balaban J connectivity index is 2.07. The van der Waals surface area contributed by atoms with E-state index in [1.807, 2.05) is 12.1 Å². The highest BCUT2D eigenvalue weighted by molar-refractivity contribution is 5.98. The molecule has 0 radical (unpaired) electrons. The van der Waals surface area contributed by atoms with Crippen LogP contribution in [-0.2, 0) is 9.59 Å². The van der Waals surface area contributed by atoms with E-state index in [0.717, 1.165) is 5.69 Å². The number of methoxy groups -OCH3 is 1. The molecule has 2 amide bonds. The second kappa shape index (κ2) is 9.07. The van der Waals surface area contributed by atoms with Gasteiger partial charge in [0.15, 0.2) is 0 Å². The predicted octanol–water partition coefficient (Wildman–Crippen LogP) is 4.22. The van der Waals surface area contributed by atoms with E-state index in [2.05, 4.69) is 41.9 Å². The molecular weight excluding hydrogens is 342 g/mol. The molecule has 0 aromatic heterocycles. The molecule has 1 atom stereocenters. The van der Waals surface area contributed by atoms with Crippen molar-refractivity contribution < 1.29 is 14.3 Å². The topological polar surface area (TPSA) is 79.5 Å². The van der Waals surface area contributed by atoms with Crippen LogP contribution in [0.1, 0.15) is 39.2 Å². The zero-order valence-electron chi connectivity index (χ0n) is 16.4. The first-order valence-corrected chi connectivity index (χ1v) is 8.93. The summed E-state index contributed by atoms with van der Waals surface area (Å²) in [7, 11) is 1.53. The van der Waals surface area contributed by atoms with Gasteiger partial charge in [-0.05, 0) is 48.7 Å². The van der Waals surface area contributed by atoms with E-state index in [1.54, 1.807) is 25.1 Å². The molecule has 6 heteroatoms. The Labute approximate surface area is 160 Å². The molecule has 6 nitrogen and oxygen atoms in total. The first-order chi connectivity index (χ1) is 12.8. The van der Waals surface area contributed by atoms with Crippen LogP contribution in [-0.4, -0.2) is 25.0 Å². The molecule has 0 fully saturated rings. The van der Waals surface area contributed by atoms with Gasteiger partial charge in [-0.3, -0.25) is 9.59 Å². The van der Waals surface area contributed by atoms with Gasteiger partial charge in [0.05, 0.1) is 12.8 Å². The average Bonchev–Trinajstić information content (AvgIpc) is 2.61. The van der Waals surface area contributed by atoms with Crippen molar-refractivity contribution in [2.75, 3.05) is 23.1 Å². The summed E-state index contributed by atoms with van der Waals surface area (Å²) in [5.41, 5.74) is 3.21. The lowest BCUT2D eigenvalue weighted by atomic mass is 10.0. The first-order valence-electron chi connectivity index (χ1n) is 8.93. The molecule has 2 rings (SSSR count). The summed E-state index contributed by atoms with van der Waals surface area (Å²) in [5.74, 6) is 0.590. The zero-order valence-corrected chi connectivity index (χ0v) is 16.4. The van der Waals surface area contributed by atoms with Crippen LogP contribution in [0.4, 0.5) is 17.1 Å². The maximum atomic E-state index is 12.6. The minimum Gasteiger partial charge on any atom is -0.495 e. The zero-order chi connectivity index (χ0) is 20.0. The Hall–Kier alpha value is -3.02. The normalized spacial score (nSPS) is 11.6. The highest BCUT2D eigenvalue weighted by Gasteiger charge is 2.16. The molecule has 0 bridgehead atoms. The second-order valence-electron chi connectivity index (χ2n) is 6.73. The van der Waals surface area contributed by atoms with Crippen LogP contribution in [0.5, 0.6) is 5.75 Å². The molecule has 2 aromatic carbocycles. The van der Waals surface area contributed by atoms with Crippen molar-refractivity contribution in [2.24, 2.45) is 0 Å². The number of amides is 2. The Kier molecular flexibility index (Phi) is 6.82. The van der Waals surface area contributed by atoms with E-state index in [9.17, 15) is 9.59 Å². The van der Waals surface area contributed by atoms with Crippen molar-refractivity contribution in [3.8, 4) is 5.75 Å². The minimum atomic E-state index is -0.455. The van der Waals surface area contributed by atoms with E-state index in [-0.39, 0.29) is 11.8 Å². The fourth-order valence-corrected chi connectivity index (χ4v) is 2.61. The molecule has 0 aliphatic rings. The maximum absolute atomic E-state index is 12.6. The summed E-state index contributed by atoms with van der Waals surface area (Å²) in [6.45, 7) is 7.50. The number of rotatable bonds is 7. The van der Waals surface area contributed by atoms with Gasteiger partial charge in [0.1, 0.15) is 11.8 Å². The molecule has 0 aliphatic heterocycles. The lowest BCUT2D eigenvalue weighted by molar-refractivity contribution is -0.116. The van der Waals surface area contributed by atoms with E-state index >= 15 is 0 Å². The third kappa shape index (κ3) is 5.74. The summed E-state index contributed by atoms with van der Waals surface area (Å²) in [5, 5.41) is 8.73. The molecule has 3 N–H and O–H groups in total. The van der Waals surface area contributed by atoms with Crippen LogP contribution in [0, 0.1) is 0 Å². The molecule has 0 aliphatic carbocycles. The van der Waals surface area contributed by atoms with Crippen LogP contribution in [0.2, 0.25) is 0 Å². The maximum Gasteiger partial charge on any atom is 0.246 e. The van der Waals surface area contributed by atoms with Crippen molar-refractivity contribution in [3.05, 3.63) is 48.0 Å². The van der Waals surface area contributed by atoms with E-state index in [0.29, 0.717) is 23.0 Å². The van der Waals surface area contributed by atoms with Crippen molar-refractivity contribution in [1.82, 2.24) is 0 Å². The molecule has 0 saturated heterocycles. The SMILES string of the molecule is COc1ccc(NC(C)=O)cc1NC(=O)C(C)Nc1ccc(C(C)C)cc1. The fraction of sp³-hybridized carbons (Fsp3) is 0.333. The summed E-state index contributed by atoms with van der Waals surface area (Å²) in [6, 6.07) is 12.7. The largest absolute Gasteiger partial charge is 0.495 e. The van der Waals surface area contributed by atoms with Gasteiger partial charge in [-0.25, -0.2) is 0 Å². The number of anilines is 3. The van der Waals surface area contributed by atoms with Crippen molar-refractivity contribution >= 4 is 28.9 Å². The van der Waals surface area contributed by atoms with Crippen LogP contribution < -0.4 is 20.7 Å². The monoisotopic (exact) mass is 369 g/mol. The Morgan fingerprint density at radius 3 is 2.11 bits per heavy atom. The Morgan fingerprint density at radius 1 is 0.926 bits per heavy atom.